The molecular weight excluding hydrogens is 328 g/mol. The van der Waals surface area contributed by atoms with Crippen LogP contribution in [0.2, 0.25) is 0 Å². The van der Waals surface area contributed by atoms with Crippen molar-refractivity contribution in [1.29, 1.82) is 0 Å². The lowest BCUT2D eigenvalue weighted by molar-refractivity contribution is 0.112. The first kappa shape index (κ1) is 19.9. The summed E-state index contributed by atoms with van der Waals surface area (Å²) in [5.74, 6) is 0. The minimum atomic E-state index is 0.0897. The van der Waals surface area contributed by atoms with Crippen LogP contribution in [0, 0.1) is 0 Å². The fourth-order valence-electron chi connectivity index (χ4n) is 4.92. The SMILES string of the molecule is CCCCCCC1(CCCCCC)c2ccccc2-c2ccc(C=O)cc21. The van der Waals surface area contributed by atoms with Gasteiger partial charge in [0.25, 0.3) is 0 Å². The van der Waals surface area contributed by atoms with Crippen molar-refractivity contribution in [1.82, 2.24) is 0 Å². The van der Waals surface area contributed by atoms with E-state index in [1.165, 1.54) is 86.5 Å². The molecule has 2 aromatic carbocycles. The molecule has 0 bridgehead atoms. The van der Waals surface area contributed by atoms with Gasteiger partial charge in [-0.2, -0.15) is 0 Å². The fourth-order valence-corrected chi connectivity index (χ4v) is 4.92. The van der Waals surface area contributed by atoms with E-state index in [0.29, 0.717) is 0 Å². The first-order valence-corrected chi connectivity index (χ1v) is 11.0. The first-order valence-electron chi connectivity index (χ1n) is 11.0. The molecule has 1 aliphatic rings. The lowest BCUT2D eigenvalue weighted by atomic mass is 9.70. The monoisotopic (exact) mass is 362 g/mol. The van der Waals surface area contributed by atoms with Crippen LogP contribution >= 0.6 is 0 Å². The summed E-state index contributed by atoms with van der Waals surface area (Å²) in [5.41, 5.74) is 6.54. The summed E-state index contributed by atoms with van der Waals surface area (Å²) in [6, 6.07) is 15.3. The second kappa shape index (κ2) is 9.35. The smallest absolute Gasteiger partial charge is 0.150 e. The molecule has 0 saturated carbocycles. The molecule has 144 valence electrons. The van der Waals surface area contributed by atoms with Gasteiger partial charge in [0.15, 0.2) is 0 Å². The van der Waals surface area contributed by atoms with Crippen molar-refractivity contribution in [2.75, 3.05) is 0 Å². The Hall–Kier alpha value is -1.89. The van der Waals surface area contributed by atoms with Crippen molar-refractivity contribution in [2.45, 2.75) is 83.5 Å². The maximum atomic E-state index is 11.5. The number of fused-ring (bicyclic) bond motifs is 3. The highest BCUT2D eigenvalue weighted by atomic mass is 16.1. The van der Waals surface area contributed by atoms with Crippen molar-refractivity contribution < 1.29 is 4.79 Å². The summed E-state index contributed by atoms with van der Waals surface area (Å²) in [5, 5.41) is 0. The van der Waals surface area contributed by atoms with Gasteiger partial charge in [0.2, 0.25) is 0 Å². The number of unbranched alkanes of at least 4 members (excludes halogenated alkanes) is 6. The minimum absolute atomic E-state index is 0.0897. The number of carbonyl (C=O) groups is 1. The van der Waals surface area contributed by atoms with E-state index in [1.54, 1.807) is 0 Å². The molecule has 1 aliphatic carbocycles. The molecule has 0 atom stereocenters. The standard InChI is InChI=1S/C26H34O/c1-3-5-7-11-17-26(18-12-8-6-4-2)24-14-10-9-13-22(24)23-16-15-21(20-27)19-25(23)26/h9-10,13-16,19-20H,3-8,11-12,17-18H2,1-2H3. The Morgan fingerprint density at radius 3 is 2.00 bits per heavy atom. The number of carbonyl (C=O) groups excluding carboxylic acids is 1. The summed E-state index contributed by atoms with van der Waals surface area (Å²) in [6.07, 6.45) is 13.7. The van der Waals surface area contributed by atoms with Gasteiger partial charge in [0.05, 0.1) is 0 Å². The molecule has 0 radical (unpaired) electrons. The Bertz CT molecular complexity index is 747. The second-order valence-electron chi connectivity index (χ2n) is 8.17. The third-order valence-electron chi connectivity index (χ3n) is 6.34. The summed E-state index contributed by atoms with van der Waals surface area (Å²) in [6.45, 7) is 4.55. The molecule has 0 aliphatic heterocycles. The predicted octanol–water partition coefficient (Wildman–Crippen LogP) is 7.71. The van der Waals surface area contributed by atoms with E-state index in [0.717, 1.165) is 11.8 Å². The molecule has 1 heteroatoms. The maximum Gasteiger partial charge on any atom is 0.150 e. The predicted molar refractivity (Wildman–Crippen MR) is 116 cm³/mol. The Balaban J connectivity index is 2.01. The molecule has 2 aromatic rings. The van der Waals surface area contributed by atoms with Crippen molar-refractivity contribution in [2.24, 2.45) is 0 Å². The molecule has 0 aromatic heterocycles. The van der Waals surface area contributed by atoms with Gasteiger partial charge in [-0.15, -0.1) is 0 Å². The van der Waals surface area contributed by atoms with Gasteiger partial charge < -0.3 is 0 Å². The highest BCUT2D eigenvalue weighted by molar-refractivity contribution is 5.85. The molecule has 0 heterocycles. The lowest BCUT2D eigenvalue weighted by Crippen LogP contribution is -2.25. The van der Waals surface area contributed by atoms with Crippen molar-refractivity contribution in [3.8, 4) is 11.1 Å². The quantitative estimate of drug-likeness (QED) is 0.295. The first-order chi connectivity index (χ1) is 13.3. The van der Waals surface area contributed by atoms with Crippen LogP contribution in [0.5, 0.6) is 0 Å². The zero-order valence-electron chi connectivity index (χ0n) is 17.1. The topological polar surface area (TPSA) is 17.1 Å². The summed E-state index contributed by atoms with van der Waals surface area (Å²) < 4.78 is 0. The Kier molecular flexibility index (Phi) is 6.88. The average molecular weight is 363 g/mol. The highest BCUT2D eigenvalue weighted by Gasteiger charge is 2.42. The van der Waals surface area contributed by atoms with E-state index < -0.39 is 0 Å². The number of rotatable bonds is 11. The molecular formula is C26H34O. The fraction of sp³-hybridized carbons (Fsp3) is 0.500. The zero-order valence-corrected chi connectivity index (χ0v) is 17.1. The van der Waals surface area contributed by atoms with Gasteiger partial charge in [-0.1, -0.05) is 102 Å². The summed E-state index contributed by atoms with van der Waals surface area (Å²) in [7, 11) is 0. The van der Waals surface area contributed by atoms with Crippen LogP contribution in [0.4, 0.5) is 0 Å². The lowest BCUT2D eigenvalue weighted by Gasteiger charge is -2.33. The van der Waals surface area contributed by atoms with Gasteiger partial charge >= 0.3 is 0 Å². The van der Waals surface area contributed by atoms with E-state index >= 15 is 0 Å². The third kappa shape index (κ3) is 4.03. The Morgan fingerprint density at radius 2 is 1.37 bits per heavy atom. The number of hydrogen-bond donors (Lipinski definition) is 0. The normalized spacial score (nSPS) is 14.0. The van der Waals surface area contributed by atoms with Crippen LogP contribution in [0.15, 0.2) is 42.5 Å². The third-order valence-corrected chi connectivity index (χ3v) is 6.34. The molecule has 27 heavy (non-hydrogen) atoms. The Labute approximate surface area is 165 Å². The molecule has 0 spiro atoms. The van der Waals surface area contributed by atoms with Crippen molar-refractivity contribution >= 4 is 6.29 Å². The highest BCUT2D eigenvalue weighted by Crippen LogP contribution is 2.54. The van der Waals surface area contributed by atoms with Crippen molar-refractivity contribution in [3.05, 3.63) is 59.2 Å². The zero-order chi connectivity index (χ0) is 19.1. The van der Waals surface area contributed by atoms with Gasteiger partial charge in [0.1, 0.15) is 6.29 Å². The van der Waals surface area contributed by atoms with Gasteiger partial charge in [-0.25, -0.2) is 0 Å². The van der Waals surface area contributed by atoms with E-state index in [2.05, 4.69) is 50.2 Å². The van der Waals surface area contributed by atoms with Gasteiger partial charge in [0, 0.05) is 11.0 Å². The second-order valence-corrected chi connectivity index (χ2v) is 8.17. The van der Waals surface area contributed by atoms with Crippen LogP contribution in [0.3, 0.4) is 0 Å². The molecule has 1 nitrogen and oxygen atoms in total. The van der Waals surface area contributed by atoms with Crippen LogP contribution in [0.1, 0.15) is 99.5 Å². The summed E-state index contributed by atoms with van der Waals surface area (Å²) in [4.78, 5) is 11.5. The Morgan fingerprint density at radius 1 is 0.741 bits per heavy atom. The number of benzene rings is 2. The van der Waals surface area contributed by atoms with Gasteiger partial charge in [-0.05, 0) is 41.2 Å². The van der Waals surface area contributed by atoms with Crippen LogP contribution in [0.25, 0.3) is 11.1 Å². The van der Waals surface area contributed by atoms with E-state index in [9.17, 15) is 4.79 Å². The largest absolute Gasteiger partial charge is 0.298 e. The minimum Gasteiger partial charge on any atom is -0.298 e. The van der Waals surface area contributed by atoms with E-state index in [4.69, 9.17) is 0 Å². The van der Waals surface area contributed by atoms with Gasteiger partial charge in [-0.3, -0.25) is 4.79 Å². The molecule has 0 unspecified atom stereocenters. The summed E-state index contributed by atoms with van der Waals surface area (Å²) >= 11 is 0. The molecule has 0 fully saturated rings. The van der Waals surface area contributed by atoms with Crippen LogP contribution in [-0.4, -0.2) is 6.29 Å². The average Bonchev–Trinajstić information content (AvgIpc) is 2.98. The molecule has 0 N–H and O–H groups in total. The molecule has 0 amide bonds. The maximum absolute atomic E-state index is 11.5. The number of hydrogen-bond acceptors (Lipinski definition) is 1. The van der Waals surface area contributed by atoms with E-state index in [1.807, 2.05) is 6.07 Å². The number of aldehydes is 1. The van der Waals surface area contributed by atoms with Crippen molar-refractivity contribution in [3.63, 3.8) is 0 Å². The molecule has 3 rings (SSSR count). The van der Waals surface area contributed by atoms with Crippen LogP contribution < -0.4 is 0 Å². The van der Waals surface area contributed by atoms with E-state index in [-0.39, 0.29) is 5.41 Å². The van der Waals surface area contributed by atoms with Crippen LogP contribution in [-0.2, 0) is 5.41 Å². The molecule has 0 saturated heterocycles.